The first-order valence-corrected chi connectivity index (χ1v) is 5.09. The molecule has 0 aromatic heterocycles. The van der Waals surface area contributed by atoms with Crippen LogP contribution in [0.15, 0.2) is 24.4 Å². The van der Waals surface area contributed by atoms with Gasteiger partial charge in [-0.05, 0) is 12.1 Å². The monoisotopic (exact) mass is 243 g/mol. The van der Waals surface area contributed by atoms with Gasteiger partial charge in [-0.15, -0.1) is 0 Å². The number of allylic oxidation sites excluding steroid dienone is 1. The Morgan fingerprint density at radius 1 is 1.27 bits per heavy atom. The third-order valence-electron chi connectivity index (χ3n) is 1.78. The zero-order valence-electron chi connectivity index (χ0n) is 8.50. The SMILES string of the molecule is CN(C)/C=C(\C=O)c1c(Cl)cccc1Cl. The van der Waals surface area contributed by atoms with Crippen molar-refractivity contribution in [3.8, 4) is 0 Å². The second kappa shape index (κ2) is 5.19. The Morgan fingerprint density at radius 2 is 1.80 bits per heavy atom. The smallest absolute Gasteiger partial charge is 0.152 e. The van der Waals surface area contributed by atoms with Crippen LogP contribution in [0.4, 0.5) is 0 Å². The Bertz CT molecular complexity index is 379. The lowest BCUT2D eigenvalue weighted by molar-refractivity contribution is -0.103. The fourth-order valence-corrected chi connectivity index (χ4v) is 1.82. The Labute approximate surface area is 99.1 Å². The number of benzene rings is 1. The summed E-state index contributed by atoms with van der Waals surface area (Å²) in [6.07, 6.45) is 2.42. The van der Waals surface area contributed by atoms with Crippen molar-refractivity contribution >= 4 is 35.1 Å². The number of hydrogen-bond acceptors (Lipinski definition) is 2. The van der Waals surface area contributed by atoms with Crippen LogP contribution in [0.25, 0.3) is 5.57 Å². The molecule has 2 nitrogen and oxygen atoms in total. The summed E-state index contributed by atoms with van der Waals surface area (Å²) < 4.78 is 0. The summed E-state index contributed by atoms with van der Waals surface area (Å²) in [5.41, 5.74) is 1.04. The van der Waals surface area contributed by atoms with Gasteiger partial charge in [0, 0.05) is 31.4 Å². The van der Waals surface area contributed by atoms with E-state index in [2.05, 4.69) is 0 Å². The van der Waals surface area contributed by atoms with Gasteiger partial charge in [-0.25, -0.2) is 0 Å². The van der Waals surface area contributed by atoms with E-state index < -0.39 is 0 Å². The molecule has 0 N–H and O–H groups in total. The highest BCUT2D eigenvalue weighted by atomic mass is 35.5. The lowest BCUT2D eigenvalue weighted by atomic mass is 10.1. The Kier molecular flexibility index (Phi) is 4.18. The molecule has 80 valence electrons. The number of carbonyl (C=O) groups excluding carboxylic acids is 1. The quantitative estimate of drug-likeness (QED) is 0.601. The molecule has 0 aliphatic carbocycles. The zero-order chi connectivity index (χ0) is 11.4. The second-order valence-corrected chi connectivity index (χ2v) is 4.08. The van der Waals surface area contributed by atoms with Gasteiger partial charge in [0.25, 0.3) is 0 Å². The largest absolute Gasteiger partial charge is 0.383 e. The molecule has 1 aromatic carbocycles. The van der Waals surface area contributed by atoms with Crippen molar-refractivity contribution in [1.82, 2.24) is 4.90 Å². The average molecular weight is 244 g/mol. The molecule has 0 saturated carbocycles. The molecule has 15 heavy (non-hydrogen) atoms. The van der Waals surface area contributed by atoms with Crippen LogP contribution < -0.4 is 0 Å². The van der Waals surface area contributed by atoms with Gasteiger partial charge in [0.05, 0.1) is 10.0 Å². The molecule has 0 amide bonds. The van der Waals surface area contributed by atoms with Gasteiger partial charge in [-0.1, -0.05) is 29.3 Å². The van der Waals surface area contributed by atoms with Gasteiger partial charge in [0.15, 0.2) is 6.29 Å². The van der Waals surface area contributed by atoms with Gasteiger partial charge in [-0.2, -0.15) is 0 Å². The highest BCUT2D eigenvalue weighted by Gasteiger charge is 2.10. The molecule has 0 fully saturated rings. The minimum Gasteiger partial charge on any atom is -0.383 e. The summed E-state index contributed by atoms with van der Waals surface area (Å²) in [7, 11) is 3.66. The molecule has 0 unspecified atom stereocenters. The van der Waals surface area contributed by atoms with Crippen LogP contribution in [0.3, 0.4) is 0 Å². The van der Waals surface area contributed by atoms with Crippen LogP contribution in [0, 0.1) is 0 Å². The molecular formula is C11H11Cl2NO. The first-order valence-electron chi connectivity index (χ1n) is 4.34. The van der Waals surface area contributed by atoms with Crippen LogP contribution >= 0.6 is 23.2 Å². The van der Waals surface area contributed by atoms with E-state index >= 15 is 0 Å². The molecule has 0 saturated heterocycles. The normalized spacial score (nSPS) is 11.3. The average Bonchev–Trinajstić information content (AvgIpc) is 2.15. The van der Waals surface area contributed by atoms with Gasteiger partial charge in [-0.3, -0.25) is 4.79 Å². The minimum absolute atomic E-state index is 0.468. The molecule has 1 aromatic rings. The summed E-state index contributed by atoms with van der Waals surface area (Å²) in [6, 6.07) is 5.15. The molecule has 0 aliphatic rings. The van der Waals surface area contributed by atoms with Crippen LogP contribution in [0.5, 0.6) is 0 Å². The van der Waals surface area contributed by atoms with Gasteiger partial charge in [0.1, 0.15) is 0 Å². The van der Waals surface area contributed by atoms with Crippen molar-refractivity contribution in [2.24, 2.45) is 0 Å². The standard InChI is InChI=1S/C11H11Cl2NO/c1-14(2)6-8(7-15)11-9(12)4-3-5-10(11)13/h3-7H,1-2H3/b8-6+. The van der Waals surface area contributed by atoms with E-state index in [1.54, 1.807) is 29.3 Å². The number of aldehydes is 1. The number of hydrogen-bond donors (Lipinski definition) is 0. The van der Waals surface area contributed by atoms with Crippen molar-refractivity contribution < 1.29 is 4.79 Å². The molecule has 0 spiro atoms. The summed E-state index contributed by atoms with van der Waals surface area (Å²) in [6.45, 7) is 0. The predicted octanol–water partition coefficient (Wildman–Crippen LogP) is 3.09. The molecule has 0 heterocycles. The molecule has 0 radical (unpaired) electrons. The maximum absolute atomic E-state index is 10.9. The molecule has 4 heteroatoms. The maximum atomic E-state index is 10.9. The number of nitrogens with zero attached hydrogens (tertiary/aromatic N) is 1. The summed E-state index contributed by atoms with van der Waals surface area (Å²) in [5.74, 6) is 0. The third kappa shape index (κ3) is 2.98. The fraction of sp³-hybridized carbons (Fsp3) is 0.182. The Morgan fingerprint density at radius 3 is 2.20 bits per heavy atom. The number of carbonyl (C=O) groups is 1. The van der Waals surface area contributed by atoms with Crippen molar-refractivity contribution in [1.29, 1.82) is 0 Å². The Hall–Kier alpha value is -0.990. The number of halogens is 2. The van der Waals surface area contributed by atoms with E-state index in [-0.39, 0.29) is 0 Å². The highest BCUT2D eigenvalue weighted by molar-refractivity contribution is 6.39. The lowest BCUT2D eigenvalue weighted by Gasteiger charge is -2.10. The van der Waals surface area contributed by atoms with Crippen molar-refractivity contribution in [2.45, 2.75) is 0 Å². The fourth-order valence-electron chi connectivity index (χ4n) is 1.21. The first kappa shape index (κ1) is 12.1. The van der Waals surface area contributed by atoms with Crippen LogP contribution in [-0.2, 0) is 4.79 Å². The molecule has 0 atom stereocenters. The van der Waals surface area contributed by atoms with Crippen LogP contribution in [0.1, 0.15) is 5.56 Å². The van der Waals surface area contributed by atoms with E-state index in [1.165, 1.54) is 0 Å². The van der Waals surface area contributed by atoms with Crippen LogP contribution in [-0.4, -0.2) is 25.3 Å². The Balaban J connectivity index is 3.30. The van der Waals surface area contributed by atoms with Gasteiger partial charge in [0.2, 0.25) is 0 Å². The van der Waals surface area contributed by atoms with Crippen molar-refractivity contribution in [3.63, 3.8) is 0 Å². The van der Waals surface area contributed by atoms with Crippen molar-refractivity contribution in [2.75, 3.05) is 14.1 Å². The summed E-state index contributed by atoms with van der Waals surface area (Å²) in [5, 5.41) is 0.949. The van der Waals surface area contributed by atoms with Gasteiger partial charge < -0.3 is 4.90 Å². The minimum atomic E-state index is 0.468. The number of rotatable bonds is 3. The van der Waals surface area contributed by atoms with Crippen LogP contribution in [0.2, 0.25) is 10.0 Å². The highest BCUT2D eigenvalue weighted by Crippen LogP contribution is 2.29. The zero-order valence-corrected chi connectivity index (χ0v) is 10.0. The lowest BCUT2D eigenvalue weighted by Crippen LogP contribution is -2.03. The molecule has 0 aliphatic heterocycles. The summed E-state index contributed by atoms with van der Waals surface area (Å²) >= 11 is 12.0. The van der Waals surface area contributed by atoms with E-state index in [1.807, 2.05) is 14.1 Å². The van der Waals surface area contributed by atoms with E-state index in [4.69, 9.17) is 23.2 Å². The second-order valence-electron chi connectivity index (χ2n) is 3.26. The molecular weight excluding hydrogens is 233 g/mol. The maximum Gasteiger partial charge on any atom is 0.152 e. The van der Waals surface area contributed by atoms with E-state index in [0.717, 1.165) is 6.29 Å². The topological polar surface area (TPSA) is 20.3 Å². The third-order valence-corrected chi connectivity index (χ3v) is 2.41. The molecule has 0 bridgehead atoms. The van der Waals surface area contributed by atoms with Gasteiger partial charge >= 0.3 is 0 Å². The van der Waals surface area contributed by atoms with Crippen molar-refractivity contribution in [3.05, 3.63) is 40.0 Å². The predicted molar refractivity (Wildman–Crippen MR) is 64.2 cm³/mol. The summed E-state index contributed by atoms with van der Waals surface area (Å²) in [4.78, 5) is 12.7. The van der Waals surface area contributed by atoms with E-state index in [0.29, 0.717) is 21.2 Å². The van der Waals surface area contributed by atoms with E-state index in [9.17, 15) is 4.79 Å². The molecule has 1 rings (SSSR count). The first-order chi connectivity index (χ1) is 7.06.